The van der Waals surface area contributed by atoms with Gasteiger partial charge in [-0.1, -0.05) is 48.5 Å². The van der Waals surface area contributed by atoms with E-state index in [1.165, 1.54) is 6.26 Å². The molecule has 138 valence electrons. The number of nitrogens with one attached hydrogen (secondary N) is 1. The highest BCUT2D eigenvalue weighted by Gasteiger charge is 2.12. The van der Waals surface area contributed by atoms with Gasteiger partial charge in [-0.15, -0.1) is 0 Å². The van der Waals surface area contributed by atoms with Crippen molar-refractivity contribution >= 4 is 12.1 Å². The van der Waals surface area contributed by atoms with Crippen LogP contribution < -0.4 is 5.43 Å². The summed E-state index contributed by atoms with van der Waals surface area (Å²) in [5, 5.41) is 8.82. The molecule has 0 spiro atoms. The summed E-state index contributed by atoms with van der Waals surface area (Å²) in [5.41, 5.74) is 6.48. The largest absolute Gasteiger partial charge is 0.469 e. The second kappa shape index (κ2) is 7.75. The van der Waals surface area contributed by atoms with Crippen molar-refractivity contribution in [1.82, 2.24) is 15.2 Å². The van der Waals surface area contributed by atoms with Crippen molar-refractivity contribution in [1.29, 1.82) is 0 Å². The number of carbonyl (C=O) groups is 1. The third-order valence-corrected chi connectivity index (χ3v) is 4.28. The van der Waals surface area contributed by atoms with E-state index in [1.54, 1.807) is 23.9 Å². The van der Waals surface area contributed by atoms with Crippen LogP contribution in [0.4, 0.5) is 0 Å². The standard InChI is InChI=1S/C22H18N4O2/c1-16-20(12-13-28-16)22(27)24-23-14-18-15-26(19-10-6-3-7-11-19)25-21(18)17-8-4-2-5-9-17/h2-15H,1H3,(H,24,27). The van der Waals surface area contributed by atoms with Gasteiger partial charge in [-0.2, -0.15) is 10.2 Å². The smallest absolute Gasteiger partial charge is 0.274 e. The van der Waals surface area contributed by atoms with Gasteiger partial charge in [0.15, 0.2) is 0 Å². The minimum Gasteiger partial charge on any atom is -0.469 e. The van der Waals surface area contributed by atoms with Gasteiger partial charge in [-0.3, -0.25) is 4.79 Å². The summed E-state index contributed by atoms with van der Waals surface area (Å²) in [6.07, 6.45) is 4.96. The number of rotatable bonds is 5. The van der Waals surface area contributed by atoms with Crippen LogP contribution in [0.1, 0.15) is 21.7 Å². The average Bonchev–Trinajstić information content (AvgIpc) is 3.36. The molecule has 1 amide bonds. The summed E-state index contributed by atoms with van der Waals surface area (Å²) in [5.74, 6) is 0.230. The van der Waals surface area contributed by atoms with E-state index >= 15 is 0 Å². The molecule has 0 saturated heterocycles. The predicted octanol–water partition coefficient (Wildman–Crippen LogP) is 4.20. The van der Waals surface area contributed by atoms with Crippen LogP contribution in [0.5, 0.6) is 0 Å². The zero-order valence-electron chi connectivity index (χ0n) is 15.2. The van der Waals surface area contributed by atoms with Crippen LogP contribution >= 0.6 is 0 Å². The number of hydrogen-bond donors (Lipinski definition) is 1. The molecule has 2 heterocycles. The van der Waals surface area contributed by atoms with Crippen molar-refractivity contribution in [3.8, 4) is 16.9 Å². The van der Waals surface area contributed by atoms with Gasteiger partial charge in [0.1, 0.15) is 11.5 Å². The van der Waals surface area contributed by atoms with Gasteiger partial charge < -0.3 is 4.42 Å². The van der Waals surface area contributed by atoms with Crippen LogP contribution in [0, 0.1) is 6.92 Å². The maximum Gasteiger partial charge on any atom is 0.274 e. The topological polar surface area (TPSA) is 72.4 Å². The summed E-state index contributed by atoms with van der Waals surface area (Å²) in [6.45, 7) is 1.73. The Labute approximate surface area is 162 Å². The van der Waals surface area contributed by atoms with Crippen LogP contribution in [-0.2, 0) is 0 Å². The molecule has 0 aliphatic carbocycles. The number of furan rings is 1. The molecular weight excluding hydrogens is 352 g/mol. The fraction of sp³-hybridized carbons (Fsp3) is 0.0455. The second-order valence-electron chi connectivity index (χ2n) is 6.17. The van der Waals surface area contributed by atoms with Crippen molar-refractivity contribution in [3.05, 3.63) is 96.1 Å². The fourth-order valence-corrected chi connectivity index (χ4v) is 2.86. The molecular formula is C22H18N4O2. The zero-order valence-corrected chi connectivity index (χ0v) is 15.2. The third-order valence-electron chi connectivity index (χ3n) is 4.28. The van der Waals surface area contributed by atoms with Crippen molar-refractivity contribution in [2.45, 2.75) is 6.92 Å². The minimum atomic E-state index is -0.320. The first-order valence-corrected chi connectivity index (χ1v) is 8.80. The number of benzene rings is 2. The van der Waals surface area contributed by atoms with Crippen LogP contribution in [0.15, 0.2) is 88.7 Å². The Morgan fingerprint density at radius 1 is 1.07 bits per heavy atom. The molecule has 2 aromatic carbocycles. The molecule has 0 fully saturated rings. The zero-order chi connectivity index (χ0) is 19.3. The highest BCUT2D eigenvalue weighted by Crippen LogP contribution is 2.22. The molecule has 4 aromatic rings. The quantitative estimate of drug-likeness (QED) is 0.423. The van der Waals surface area contributed by atoms with E-state index in [2.05, 4.69) is 10.5 Å². The van der Waals surface area contributed by atoms with Gasteiger partial charge >= 0.3 is 0 Å². The first-order chi connectivity index (χ1) is 13.7. The number of hydrogen-bond acceptors (Lipinski definition) is 4. The average molecular weight is 370 g/mol. The van der Waals surface area contributed by atoms with Gasteiger partial charge in [0, 0.05) is 17.3 Å². The van der Waals surface area contributed by atoms with Gasteiger partial charge in [0.2, 0.25) is 0 Å². The summed E-state index contributed by atoms with van der Waals surface area (Å²) < 4.78 is 6.95. The highest BCUT2D eigenvalue weighted by atomic mass is 16.3. The van der Waals surface area contributed by atoms with Crippen molar-refractivity contribution in [2.24, 2.45) is 5.10 Å². The second-order valence-corrected chi connectivity index (χ2v) is 6.17. The van der Waals surface area contributed by atoms with Gasteiger partial charge in [0.05, 0.1) is 23.7 Å². The van der Waals surface area contributed by atoms with E-state index < -0.39 is 0 Å². The van der Waals surface area contributed by atoms with E-state index in [-0.39, 0.29) is 5.91 Å². The van der Waals surface area contributed by atoms with Crippen molar-refractivity contribution in [3.63, 3.8) is 0 Å². The third kappa shape index (κ3) is 3.61. The fourth-order valence-electron chi connectivity index (χ4n) is 2.86. The van der Waals surface area contributed by atoms with Gasteiger partial charge in [-0.25, -0.2) is 10.1 Å². The van der Waals surface area contributed by atoms with Crippen molar-refractivity contribution in [2.75, 3.05) is 0 Å². The lowest BCUT2D eigenvalue weighted by Crippen LogP contribution is -2.17. The Morgan fingerprint density at radius 2 is 1.79 bits per heavy atom. The molecule has 0 bridgehead atoms. The maximum atomic E-state index is 12.2. The van der Waals surface area contributed by atoms with E-state index in [0.717, 1.165) is 22.5 Å². The molecule has 2 aromatic heterocycles. The molecule has 6 heteroatoms. The molecule has 4 rings (SSSR count). The van der Waals surface area contributed by atoms with E-state index in [4.69, 9.17) is 9.52 Å². The van der Waals surface area contributed by atoms with E-state index in [9.17, 15) is 4.79 Å². The molecule has 0 unspecified atom stereocenters. The molecule has 0 aliphatic rings. The van der Waals surface area contributed by atoms with Crippen LogP contribution in [0.25, 0.3) is 16.9 Å². The Hall–Kier alpha value is -3.93. The van der Waals surface area contributed by atoms with E-state index in [0.29, 0.717) is 11.3 Å². The highest BCUT2D eigenvalue weighted by molar-refractivity contribution is 5.96. The number of para-hydroxylation sites is 1. The summed E-state index contributed by atoms with van der Waals surface area (Å²) in [7, 11) is 0. The number of hydrazone groups is 1. The SMILES string of the molecule is Cc1occc1C(=O)NN=Cc1cn(-c2ccccc2)nc1-c1ccccc1. The summed E-state index contributed by atoms with van der Waals surface area (Å²) in [6, 6.07) is 21.3. The molecule has 0 aliphatic heterocycles. The van der Waals surface area contributed by atoms with Crippen LogP contribution in [0.3, 0.4) is 0 Å². The normalized spacial score (nSPS) is 11.0. The number of carbonyl (C=O) groups excluding carboxylic acids is 1. The summed E-state index contributed by atoms with van der Waals surface area (Å²) in [4.78, 5) is 12.2. The van der Waals surface area contributed by atoms with Crippen LogP contribution in [-0.4, -0.2) is 21.9 Å². The van der Waals surface area contributed by atoms with Crippen molar-refractivity contribution < 1.29 is 9.21 Å². The van der Waals surface area contributed by atoms with Gasteiger partial charge in [-0.05, 0) is 25.1 Å². The Kier molecular flexibility index (Phi) is 4.84. The first-order valence-electron chi connectivity index (χ1n) is 8.80. The molecule has 1 N–H and O–H groups in total. The Balaban J connectivity index is 1.64. The molecule has 6 nitrogen and oxygen atoms in total. The maximum absolute atomic E-state index is 12.2. The number of aryl methyl sites for hydroxylation is 1. The minimum absolute atomic E-state index is 0.320. The lowest BCUT2D eigenvalue weighted by Gasteiger charge is -2.00. The van der Waals surface area contributed by atoms with E-state index in [1.807, 2.05) is 66.9 Å². The predicted molar refractivity (Wildman–Crippen MR) is 108 cm³/mol. The molecule has 0 atom stereocenters. The first kappa shape index (κ1) is 17.5. The van der Waals surface area contributed by atoms with Crippen LogP contribution in [0.2, 0.25) is 0 Å². The monoisotopic (exact) mass is 370 g/mol. The Bertz CT molecular complexity index is 1110. The lowest BCUT2D eigenvalue weighted by molar-refractivity contribution is 0.0953. The number of nitrogens with zero attached hydrogens (tertiary/aromatic N) is 3. The lowest BCUT2D eigenvalue weighted by atomic mass is 10.1. The molecule has 0 saturated carbocycles. The number of amides is 1. The summed E-state index contributed by atoms with van der Waals surface area (Å²) >= 11 is 0. The molecule has 28 heavy (non-hydrogen) atoms. The Morgan fingerprint density at radius 3 is 2.46 bits per heavy atom. The molecule has 0 radical (unpaired) electrons. The van der Waals surface area contributed by atoms with Gasteiger partial charge in [0.25, 0.3) is 5.91 Å². The number of aromatic nitrogens is 2.